The number of hydrogen-bond donors (Lipinski definition) is 2. The molecule has 4 aliphatic carbocycles. The van der Waals surface area contributed by atoms with Gasteiger partial charge < -0.3 is 10.6 Å². The minimum atomic E-state index is -3.18. The summed E-state index contributed by atoms with van der Waals surface area (Å²) in [5, 5.41) is 6.24. The summed E-state index contributed by atoms with van der Waals surface area (Å²) in [6, 6.07) is -0.591. The fraction of sp³-hybridized carbons (Fsp3) is 0.913. The van der Waals surface area contributed by atoms with Gasteiger partial charge in [-0.25, -0.2) is 12.7 Å². The van der Waals surface area contributed by atoms with Gasteiger partial charge in [0.15, 0.2) is 0 Å². The van der Waals surface area contributed by atoms with Crippen LogP contribution in [-0.2, 0) is 19.6 Å². The van der Waals surface area contributed by atoms with E-state index < -0.39 is 16.1 Å². The summed E-state index contributed by atoms with van der Waals surface area (Å²) in [5.74, 6) is 2.12. The lowest BCUT2D eigenvalue weighted by molar-refractivity contribution is -0.149. The molecule has 1 atom stereocenters. The highest BCUT2D eigenvalue weighted by Gasteiger charge is 2.55. The van der Waals surface area contributed by atoms with Crippen molar-refractivity contribution >= 4 is 21.8 Å². The van der Waals surface area contributed by atoms with E-state index >= 15 is 0 Å². The van der Waals surface area contributed by atoms with Crippen LogP contribution in [0.4, 0.5) is 0 Å². The van der Waals surface area contributed by atoms with E-state index in [4.69, 9.17) is 0 Å². The first-order valence-corrected chi connectivity index (χ1v) is 13.8. The Morgan fingerprint density at radius 3 is 1.97 bits per heavy atom. The highest BCUT2D eigenvalue weighted by molar-refractivity contribution is 7.89. The second kappa shape index (κ2) is 8.65. The van der Waals surface area contributed by atoms with Gasteiger partial charge in [0.1, 0.15) is 6.04 Å². The van der Waals surface area contributed by atoms with E-state index in [0.717, 1.165) is 19.3 Å². The van der Waals surface area contributed by atoms with Crippen molar-refractivity contribution in [1.29, 1.82) is 0 Å². The van der Waals surface area contributed by atoms with E-state index in [1.165, 1.54) is 23.6 Å². The van der Waals surface area contributed by atoms with Crippen molar-refractivity contribution in [2.45, 2.75) is 84.2 Å². The molecule has 4 saturated carbocycles. The van der Waals surface area contributed by atoms with Crippen LogP contribution in [-0.4, -0.2) is 55.5 Å². The lowest BCUT2D eigenvalue weighted by atomic mass is 9.49. The third-order valence-corrected chi connectivity index (χ3v) is 10.2. The minimum absolute atomic E-state index is 0.00146. The van der Waals surface area contributed by atoms with E-state index in [-0.39, 0.29) is 34.9 Å². The number of nitrogens with one attached hydrogen (secondary N) is 2. The van der Waals surface area contributed by atoms with E-state index in [1.54, 1.807) is 6.92 Å². The minimum Gasteiger partial charge on any atom is -0.351 e. The number of carbonyl (C=O) groups is 2. The number of hydrogen-bond acceptors (Lipinski definition) is 4. The molecule has 5 fully saturated rings. The molecule has 0 radical (unpaired) electrons. The first kappa shape index (κ1) is 23.0. The van der Waals surface area contributed by atoms with Gasteiger partial charge in [-0.2, -0.15) is 0 Å². The monoisotopic (exact) mass is 453 g/mol. The average molecular weight is 454 g/mol. The first-order chi connectivity index (χ1) is 14.6. The zero-order valence-electron chi connectivity index (χ0n) is 19.2. The summed E-state index contributed by atoms with van der Waals surface area (Å²) in [7, 11) is -3.18. The molecule has 0 spiro atoms. The molecule has 1 unspecified atom stereocenters. The average Bonchev–Trinajstić information content (AvgIpc) is 2.70. The molecule has 176 valence electrons. The van der Waals surface area contributed by atoms with Crippen LogP contribution in [0.15, 0.2) is 0 Å². The molecule has 2 amide bonds. The number of sulfonamides is 1. The highest BCUT2D eigenvalue weighted by Crippen LogP contribution is 2.60. The van der Waals surface area contributed by atoms with Gasteiger partial charge in [-0.1, -0.05) is 13.8 Å². The zero-order valence-corrected chi connectivity index (χ0v) is 20.0. The second-order valence-corrected chi connectivity index (χ2v) is 13.2. The molecule has 0 aromatic rings. The van der Waals surface area contributed by atoms with Crippen molar-refractivity contribution in [2.75, 3.05) is 18.8 Å². The number of piperidine rings is 1. The Hall–Kier alpha value is -1.15. The SMILES string of the molecule is CCS(=O)(=O)N1CCC(NC(=O)C(NC(=O)C23CC4CC(CC(C4)C2)C3)C(C)C)CC1. The topological polar surface area (TPSA) is 95.6 Å². The van der Waals surface area contributed by atoms with E-state index in [2.05, 4.69) is 10.6 Å². The first-order valence-electron chi connectivity index (χ1n) is 12.2. The maximum absolute atomic E-state index is 13.4. The Bertz CT molecular complexity index is 766. The highest BCUT2D eigenvalue weighted by atomic mass is 32.2. The van der Waals surface area contributed by atoms with Gasteiger partial charge in [0, 0.05) is 24.5 Å². The van der Waals surface area contributed by atoms with E-state index in [9.17, 15) is 18.0 Å². The van der Waals surface area contributed by atoms with E-state index in [0.29, 0.717) is 43.7 Å². The molecule has 5 aliphatic rings. The molecule has 5 rings (SSSR count). The molecule has 4 bridgehead atoms. The van der Waals surface area contributed by atoms with Gasteiger partial charge in [-0.05, 0) is 82.0 Å². The Kier molecular flexibility index (Phi) is 6.43. The Morgan fingerprint density at radius 2 is 1.52 bits per heavy atom. The smallest absolute Gasteiger partial charge is 0.243 e. The predicted octanol–water partition coefficient (Wildman–Crippen LogP) is 2.27. The van der Waals surface area contributed by atoms with Crippen LogP contribution in [0, 0.1) is 29.1 Å². The number of amides is 2. The molecule has 1 aliphatic heterocycles. The van der Waals surface area contributed by atoms with Gasteiger partial charge in [0.25, 0.3) is 0 Å². The molecule has 2 N–H and O–H groups in total. The number of rotatable bonds is 7. The summed E-state index contributed by atoms with van der Waals surface area (Å²) in [6.45, 7) is 6.48. The third-order valence-electron chi connectivity index (χ3n) is 8.31. The summed E-state index contributed by atoms with van der Waals surface area (Å²) < 4.78 is 25.6. The van der Waals surface area contributed by atoms with Crippen molar-refractivity contribution in [2.24, 2.45) is 29.1 Å². The lowest BCUT2D eigenvalue weighted by Crippen LogP contribution is -2.59. The molecule has 8 heteroatoms. The number of nitrogens with zero attached hydrogens (tertiary/aromatic N) is 1. The Balaban J connectivity index is 1.35. The summed E-state index contributed by atoms with van der Waals surface area (Å²) >= 11 is 0. The van der Waals surface area contributed by atoms with Crippen LogP contribution in [0.25, 0.3) is 0 Å². The third kappa shape index (κ3) is 4.65. The summed E-state index contributed by atoms with van der Waals surface area (Å²) in [5.41, 5.74) is -0.262. The fourth-order valence-corrected chi connectivity index (χ4v) is 8.10. The van der Waals surface area contributed by atoms with Crippen molar-refractivity contribution in [3.05, 3.63) is 0 Å². The molecular weight excluding hydrogens is 414 g/mol. The van der Waals surface area contributed by atoms with Crippen LogP contribution in [0.3, 0.4) is 0 Å². The Morgan fingerprint density at radius 1 is 1.00 bits per heavy atom. The van der Waals surface area contributed by atoms with Crippen LogP contribution in [0.5, 0.6) is 0 Å². The number of carbonyl (C=O) groups excluding carboxylic acids is 2. The largest absolute Gasteiger partial charge is 0.351 e. The van der Waals surface area contributed by atoms with Crippen LogP contribution in [0.2, 0.25) is 0 Å². The summed E-state index contributed by atoms with van der Waals surface area (Å²) in [4.78, 5) is 26.5. The maximum Gasteiger partial charge on any atom is 0.243 e. The quantitative estimate of drug-likeness (QED) is 0.618. The Labute approximate surface area is 187 Å². The zero-order chi connectivity index (χ0) is 22.4. The van der Waals surface area contributed by atoms with E-state index in [1.807, 2.05) is 13.8 Å². The summed E-state index contributed by atoms with van der Waals surface area (Å²) in [6.07, 6.45) is 8.04. The van der Waals surface area contributed by atoms with Gasteiger partial charge >= 0.3 is 0 Å². The molecule has 31 heavy (non-hydrogen) atoms. The van der Waals surface area contributed by atoms with Gasteiger partial charge in [-0.3, -0.25) is 9.59 Å². The molecule has 7 nitrogen and oxygen atoms in total. The van der Waals surface area contributed by atoms with Crippen LogP contribution >= 0.6 is 0 Å². The van der Waals surface area contributed by atoms with Gasteiger partial charge in [-0.15, -0.1) is 0 Å². The normalized spacial score (nSPS) is 34.6. The van der Waals surface area contributed by atoms with Crippen LogP contribution < -0.4 is 10.6 Å². The van der Waals surface area contributed by atoms with Crippen molar-refractivity contribution in [3.8, 4) is 0 Å². The molecular formula is C23H39N3O4S. The fourth-order valence-electron chi connectivity index (χ4n) is 6.97. The van der Waals surface area contributed by atoms with Crippen molar-refractivity contribution < 1.29 is 18.0 Å². The van der Waals surface area contributed by atoms with Gasteiger partial charge in [0.2, 0.25) is 21.8 Å². The molecule has 0 aromatic carbocycles. The molecule has 1 saturated heterocycles. The van der Waals surface area contributed by atoms with Crippen molar-refractivity contribution in [1.82, 2.24) is 14.9 Å². The lowest BCUT2D eigenvalue weighted by Gasteiger charge is -2.55. The van der Waals surface area contributed by atoms with Crippen LogP contribution in [0.1, 0.15) is 72.1 Å². The van der Waals surface area contributed by atoms with Gasteiger partial charge in [0.05, 0.1) is 5.75 Å². The standard InChI is InChI=1S/C23H39N3O4S/c1-4-31(29,30)26-7-5-19(6-8-26)24-21(27)20(15(2)3)25-22(28)23-12-16-9-17(13-23)11-18(10-16)14-23/h15-20H,4-14H2,1-3H3,(H,24,27)(H,25,28). The van der Waals surface area contributed by atoms with Crippen molar-refractivity contribution in [3.63, 3.8) is 0 Å². The maximum atomic E-state index is 13.4. The second-order valence-electron chi connectivity index (χ2n) is 11.0. The molecule has 1 heterocycles. The molecule has 0 aromatic heterocycles. The predicted molar refractivity (Wildman–Crippen MR) is 120 cm³/mol.